The summed E-state index contributed by atoms with van der Waals surface area (Å²) < 4.78 is 20.3. The number of rotatable bonds is 6. The maximum Gasteiger partial charge on any atom is 0.414 e. The fourth-order valence-electron chi connectivity index (χ4n) is 4.45. The number of anilines is 3. The van der Waals surface area contributed by atoms with Crippen LogP contribution >= 0.6 is 24.0 Å². The number of halogens is 1. The van der Waals surface area contributed by atoms with E-state index >= 15 is 4.39 Å². The van der Waals surface area contributed by atoms with Crippen LogP contribution in [-0.2, 0) is 9.53 Å². The minimum atomic E-state index is -0.536. The third-order valence-corrected chi connectivity index (χ3v) is 7.23. The maximum absolute atomic E-state index is 15.1. The van der Waals surface area contributed by atoms with Crippen molar-refractivity contribution < 1.29 is 23.5 Å². The molecule has 0 aliphatic carbocycles. The number of hydrogen-bond donors (Lipinski definition) is 1. The topological polar surface area (TPSA) is 94.6 Å². The van der Waals surface area contributed by atoms with Gasteiger partial charge in [0, 0.05) is 31.9 Å². The van der Waals surface area contributed by atoms with Crippen molar-refractivity contribution in [1.29, 1.82) is 0 Å². The van der Waals surface area contributed by atoms with Gasteiger partial charge in [-0.1, -0.05) is 12.1 Å². The van der Waals surface area contributed by atoms with Crippen LogP contribution in [0.5, 0.6) is 0 Å². The normalized spacial score (nSPS) is 20.8. The van der Waals surface area contributed by atoms with Gasteiger partial charge in [-0.05, 0) is 66.0 Å². The van der Waals surface area contributed by atoms with Crippen LogP contribution in [-0.4, -0.2) is 67.8 Å². The lowest BCUT2D eigenvalue weighted by Crippen LogP contribution is -2.46. The summed E-state index contributed by atoms with van der Waals surface area (Å²) in [5, 5.41) is 4.13. The lowest BCUT2D eigenvalue weighted by molar-refractivity contribution is -0.115. The van der Waals surface area contributed by atoms with E-state index in [-0.39, 0.29) is 24.2 Å². The van der Waals surface area contributed by atoms with Crippen molar-refractivity contribution in [1.82, 2.24) is 5.32 Å². The molecule has 3 aliphatic rings. The van der Waals surface area contributed by atoms with Crippen LogP contribution in [0.25, 0.3) is 6.08 Å². The number of amides is 3. The molecule has 0 bridgehead atoms. The third kappa shape index (κ3) is 5.51. The Morgan fingerprint density at radius 1 is 1.08 bits per heavy atom. The molecule has 190 valence electrons. The van der Waals surface area contributed by atoms with Gasteiger partial charge in [0.05, 0.1) is 34.5 Å². The Hall–Kier alpha value is -3.73. The minimum absolute atomic E-state index is 0.230. The quantitative estimate of drug-likeness (QED) is 0.336. The maximum atomic E-state index is 15.1. The van der Waals surface area contributed by atoms with Crippen molar-refractivity contribution in [2.45, 2.75) is 6.10 Å². The van der Waals surface area contributed by atoms with Gasteiger partial charge >= 0.3 is 6.09 Å². The van der Waals surface area contributed by atoms with Crippen molar-refractivity contribution in [3.05, 3.63) is 58.8 Å². The molecule has 0 spiro atoms. The minimum Gasteiger partial charge on any atom is -0.442 e. The van der Waals surface area contributed by atoms with E-state index in [1.165, 1.54) is 11.0 Å². The molecule has 12 heteroatoms. The van der Waals surface area contributed by atoms with Crippen molar-refractivity contribution in [2.24, 2.45) is 4.99 Å². The highest BCUT2D eigenvalue weighted by atomic mass is 32.2. The smallest absolute Gasteiger partial charge is 0.414 e. The van der Waals surface area contributed by atoms with Crippen LogP contribution in [0.2, 0.25) is 0 Å². The molecule has 3 saturated heterocycles. The first-order valence-electron chi connectivity index (χ1n) is 11.6. The van der Waals surface area contributed by atoms with E-state index < -0.39 is 18.0 Å². The molecule has 3 fully saturated rings. The second kappa shape index (κ2) is 10.7. The van der Waals surface area contributed by atoms with Gasteiger partial charge in [-0.25, -0.2) is 14.2 Å². The summed E-state index contributed by atoms with van der Waals surface area (Å²) in [6, 6.07) is 12.5. The van der Waals surface area contributed by atoms with Crippen LogP contribution in [0, 0.1) is 5.82 Å². The highest BCUT2D eigenvalue weighted by Crippen LogP contribution is 2.30. The average molecular weight is 540 g/mol. The number of thioether (sulfide) groups is 1. The fourth-order valence-corrected chi connectivity index (χ4v) is 5.20. The van der Waals surface area contributed by atoms with Crippen LogP contribution in [0.4, 0.5) is 31.0 Å². The van der Waals surface area contributed by atoms with E-state index in [1.807, 2.05) is 29.2 Å². The molecule has 1 N–H and O–H groups in total. The zero-order chi connectivity index (χ0) is 25.9. The van der Waals surface area contributed by atoms with Crippen molar-refractivity contribution >= 4 is 69.5 Å². The van der Waals surface area contributed by atoms with Gasteiger partial charge in [0.25, 0.3) is 11.1 Å². The molecule has 0 radical (unpaired) electrons. The standard InChI is InChI=1S/C25H22FN5O4S2/c26-20-12-18(31-14-19(13-27-15-36)35-25(31)34)5-6-21(20)30-9-7-29(8-10-30)17-3-1-16(2-4-17)11-22-23(32)28-24(33)37-22/h1-6,11-12,19H,7-10,13-14H2,(H,28,32,33)/t19-/m0/s1. The number of thiocarbonyl (C=S) groups is 1. The van der Waals surface area contributed by atoms with Crippen molar-refractivity contribution in [3.63, 3.8) is 0 Å². The molecule has 9 nitrogen and oxygen atoms in total. The summed E-state index contributed by atoms with van der Waals surface area (Å²) in [6.45, 7) is 3.17. The van der Waals surface area contributed by atoms with Gasteiger partial charge < -0.3 is 14.5 Å². The van der Waals surface area contributed by atoms with Crippen LogP contribution < -0.4 is 20.0 Å². The number of nitrogens with one attached hydrogen (secondary N) is 1. The molecule has 3 aliphatic heterocycles. The lowest BCUT2D eigenvalue weighted by Gasteiger charge is -2.37. The number of piperazine rings is 1. The average Bonchev–Trinajstić information content (AvgIpc) is 3.43. The van der Waals surface area contributed by atoms with Gasteiger partial charge in [0.1, 0.15) is 11.9 Å². The summed E-state index contributed by atoms with van der Waals surface area (Å²) in [5.41, 5.74) is 2.78. The zero-order valence-electron chi connectivity index (χ0n) is 19.6. The fraction of sp³-hybridized carbons (Fsp3) is 0.280. The van der Waals surface area contributed by atoms with E-state index in [0.717, 1.165) is 23.0 Å². The molecule has 3 heterocycles. The first-order valence-corrected chi connectivity index (χ1v) is 12.8. The Labute approximate surface area is 221 Å². The summed E-state index contributed by atoms with van der Waals surface area (Å²) in [6.07, 6.45) is 0.718. The van der Waals surface area contributed by atoms with Crippen LogP contribution in [0.15, 0.2) is 52.4 Å². The van der Waals surface area contributed by atoms with Gasteiger partial charge in [-0.2, -0.15) is 0 Å². The first kappa shape index (κ1) is 24.9. The molecule has 0 aromatic heterocycles. The molecule has 5 rings (SSSR count). The van der Waals surface area contributed by atoms with Crippen LogP contribution in [0.3, 0.4) is 0 Å². The van der Waals surface area contributed by atoms with Crippen LogP contribution in [0.1, 0.15) is 5.56 Å². The lowest BCUT2D eigenvalue weighted by atomic mass is 10.1. The second-order valence-electron chi connectivity index (χ2n) is 8.60. The molecule has 0 unspecified atom stereocenters. The predicted octanol–water partition coefficient (Wildman–Crippen LogP) is 3.90. The largest absolute Gasteiger partial charge is 0.442 e. The monoisotopic (exact) mass is 539 g/mol. The molecule has 37 heavy (non-hydrogen) atoms. The molecule has 0 saturated carbocycles. The number of imide groups is 1. The van der Waals surface area contributed by atoms with E-state index in [1.54, 1.807) is 18.2 Å². The summed E-state index contributed by atoms with van der Waals surface area (Å²) in [7, 11) is 0. The zero-order valence-corrected chi connectivity index (χ0v) is 21.2. The van der Waals surface area contributed by atoms with E-state index in [4.69, 9.17) is 4.74 Å². The number of hydrogen-bond acceptors (Lipinski definition) is 9. The van der Waals surface area contributed by atoms with Gasteiger partial charge in [0.2, 0.25) is 0 Å². The number of ether oxygens (including phenoxy) is 1. The summed E-state index contributed by atoms with van der Waals surface area (Å²) in [4.78, 5) is 45.0. The number of aliphatic imine (C=N–C) groups is 1. The Morgan fingerprint density at radius 2 is 1.78 bits per heavy atom. The van der Waals surface area contributed by atoms with Gasteiger partial charge in [-0.15, -0.1) is 0 Å². The Kier molecular flexibility index (Phi) is 7.22. The number of cyclic esters (lactones) is 1. The number of isothiocyanates is 1. The first-order chi connectivity index (χ1) is 17.9. The van der Waals surface area contributed by atoms with E-state index in [2.05, 4.69) is 32.6 Å². The summed E-state index contributed by atoms with van der Waals surface area (Å²) >= 11 is 5.44. The summed E-state index contributed by atoms with van der Waals surface area (Å²) in [5.74, 6) is -0.777. The molecule has 3 amide bonds. The van der Waals surface area contributed by atoms with Crippen molar-refractivity contribution in [3.8, 4) is 0 Å². The Balaban J connectivity index is 1.19. The molecule has 2 aromatic carbocycles. The van der Waals surface area contributed by atoms with Gasteiger partial charge in [0.15, 0.2) is 0 Å². The molecule has 2 aromatic rings. The highest BCUT2D eigenvalue weighted by Gasteiger charge is 2.33. The van der Waals surface area contributed by atoms with E-state index in [0.29, 0.717) is 42.5 Å². The molecular weight excluding hydrogens is 517 g/mol. The highest BCUT2D eigenvalue weighted by molar-refractivity contribution is 8.18. The molecular formula is C25H22FN5O4S2. The Morgan fingerprint density at radius 3 is 2.43 bits per heavy atom. The second-order valence-corrected chi connectivity index (χ2v) is 9.80. The number of carbonyl (C=O) groups excluding carboxylic acids is 3. The Bertz CT molecular complexity index is 1320. The SMILES string of the molecule is O=C1NC(=O)C(=Cc2ccc(N3CCN(c4ccc(N5C[C@H](CN=C=S)OC5=O)cc4F)CC3)cc2)S1. The van der Waals surface area contributed by atoms with Crippen molar-refractivity contribution in [2.75, 3.05) is 54.0 Å². The predicted molar refractivity (Wildman–Crippen MR) is 144 cm³/mol. The van der Waals surface area contributed by atoms with Gasteiger partial charge in [-0.3, -0.25) is 19.8 Å². The van der Waals surface area contributed by atoms with E-state index in [9.17, 15) is 14.4 Å². The number of nitrogens with zero attached hydrogens (tertiary/aromatic N) is 4. The molecule has 1 atom stereocenters. The number of benzene rings is 2. The third-order valence-electron chi connectivity index (χ3n) is 6.29. The number of carbonyl (C=O) groups is 3.